The molecule has 2 aliphatic rings. The molecule has 8 rings (SSSR count). The van der Waals surface area contributed by atoms with Gasteiger partial charge in [0.2, 0.25) is 11.9 Å². The Bertz CT molecular complexity index is 2630. The van der Waals surface area contributed by atoms with Crippen molar-refractivity contribution >= 4 is 47.4 Å². The third-order valence-electron chi connectivity index (χ3n) is 9.91. The van der Waals surface area contributed by atoms with Crippen LogP contribution in [0.5, 0.6) is 0 Å². The Balaban J connectivity index is 0.000000188. The lowest BCUT2D eigenvalue weighted by atomic mass is 10.0. The summed E-state index contributed by atoms with van der Waals surface area (Å²) >= 11 is 0. The van der Waals surface area contributed by atoms with E-state index >= 15 is 0 Å². The molecular weight excluding hydrogens is 923 g/mol. The van der Waals surface area contributed by atoms with Crippen molar-refractivity contribution in [2.24, 2.45) is 10.9 Å². The summed E-state index contributed by atoms with van der Waals surface area (Å²) < 4.78 is 115. The number of anilines is 6. The van der Waals surface area contributed by atoms with Gasteiger partial charge in [0.15, 0.2) is 29.6 Å². The van der Waals surface area contributed by atoms with Crippen LogP contribution in [-0.4, -0.2) is 109 Å². The Morgan fingerprint density at radius 2 is 1.22 bits per heavy atom. The first-order valence-corrected chi connectivity index (χ1v) is 20.9. The van der Waals surface area contributed by atoms with E-state index in [1.165, 1.54) is 52.9 Å². The maximum atomic E-state index is 14.2. The summed E-state index contributed by atoms with van der Waals surface area (Å²) in [6.45, 7) is 4.47. The van der Waals surface area contributed by atoms with E-state index in [0.29, 0.717) is 99.6 Å². The third-order valence-corrected chi connectivity index (χ3v) is 9.91. The molecule has 24 heteroatoms. The van der Waals surface area contributed by atoms with E-state index in [0.717, 1.165) is 42.2 Å². The van der Waals surface area contributed by atoms with Crippen molar-refractivity contribution < 1.29 is 49.4 Å². The fourth-order valence-corrected chi connectivity index (χ4v) is 6.41. The lowest BCUT2D eigenvalue weighted by Crippen LogP contribution is -2.38. The summed E-state index contributed by atoms with van der Waals surface area (Å²) in [7, 11) is 3.23. The summed E-state index contributed by atoms with van der Waals surface area (Å²) in [5, 5.41) is 9.78. The molecule has 0 atom stereocenters. The van der Waals surface area contributed by atoms with Gasteiger partial charge in [-0.3, -0.25) is 19.8 Å². The van der Waals surface area contributed by atoms with Crippen molar-refractivity contribution in [3.63, 3.8) is 0 Å². The predicted molar refractivity (Wildman–Crippen MR) is 241 cm³/mol. The first kappa shape index (κ1) is 51.0. The molecule has 0 radical (unpaired) electrons. The number of benzene rings is 2. The second-order valence-electron chi connectivity index (χ2n) is 15.0. The van der Waals surface area contributed by atoms with Crippen LogP contribution < -0.4 is 31.0 Å². The molecule has 2 saturated heterocycles. The number of hydrazine groups is 1. The Morgan fingerprint density at radius 3 is 1.75 bits per heavy atom. The smallest absolute Gasteiger partial charge is 0.378 e. The summed E-state index contributed by atoms with van der Waals surface area (Å²) in [5.41, 5.74) is 1.51. The minimum absolute atomic E-state index is 0.193. The minimum atomic E-state index is -4.42. The third kappa shape index (κ3) is 15.0. The van der Waals surface area contributed by atoms with Crippen molar-refractivity contribution in [1.29, 1.82) is 0 Å². The number of carbonyl (C=O) groups excluding carboxylic acids is 1. The van der Waals surface area contributed by atoms with Crippen molar-refractivity contribution in [3.05, 3.63) is 143 Å². The number of hydrazone groups is 1. The van der Waals surface area contributed by atoms with Crippen molar-refractivity contribution in [1.82, 2.24) is 29.9 Å². The van der Waals surface area contributed by atoms with Gasteiger partial charge < -0.3 is 24.6 Å². The van der Waals surface area contributed by atoms with Crippen LogP contribution in [0, 0.1) is 11.6 Å². The van der Waals surface area contributed by atoms with Gasteiger partial charge in [0, 0.05) is 52.2 Å². The van der Waals surface area contributed by atoms with Crippen molar-refractivity contribution in [3.8, 4) is 0 Å². The van der Waals surface area contributed by atoms with Gasteiger partial charge >= 0.3 is 12.4 Å². The number of hydrogen-bond donors (Lipinski definition) is 2. The first-order chi connectivity index (χ1) is 33.0. The molecule has 2 fully saturated rings. The molecule has 69 heavy (non-hydrogen) atoms. The lowest BCUT2D eigenvalue weighted by molar-refractivity contribution is -0.138. The zero-order chi connectivity index (χ0) is 49.6. The van der Waals surface area contributed by atoms with Crippen LogP contribution >= 0.6 is 0 Å². The fraction of sp³-hybridized carbons (Fsp3) is 0.289. The molecule has 3 N–H and O–H groups in total. The standard InChI is InChI=1S/C22H21F4N7O.C14H10F3NO.C9H14FN5O/c1-32(21-28-14-19(23)20(31-21)33-7-9-34-10-8-33)29-13-17-5-6-18(12-27-17)30-16-4-2-3-15(11-16)22(24,25)26;15-14(16,17)12-3-1-2-10(7-12)6-11-4-5-13(9-19)18-8-11;1-14(11)9-12-6-7(10)8(13-9)15-2-4-16-5-3-15/h2-6,11-14,30H,7-10H2,1H3;1-5,7-9H,6H2;6H,2-5,11H2,1H3/b29-13+;;. The van der Waals surface area contributed by atoms with Gasteiger partial charge in [-0.1, -0.05) is 30.3 Å². The molecule has 0 unspecified atom stereocenters. The second-order valence-corrected chi connectivity index (χ2v) is 15.0. The number of pyridine rings is 2. The van der Waals surface area contributed by atoms with Crippen molar-refractivity contribution in [2.45, 2.75) is 18.8 Å². The van der Waals surface area contributed by atoms with Crippen LogP contribution in [0.4, 0.5) is 70.0 Å². The van der Waals surface area contributed by atoms with Crippen LogP contribution in [0.2, 0.25) is 0 Å². The summed E-state index contributed by atoms with van der Waals surface area (Å²) in [5.74, 6) is 5.53. The number of aromatic nitrogens is 6. The topological polar surface area (TPSA) is 176 Å². The van der Waals surface area contributed by atoms with E-state index in [9.17, 15) is 39.9 Å². The number of nitrogens with two attached hydrogens (primary N) is 1. The summed E-state index contributed by atoms with van der Waals surface area (Å²) in [6.07, 6.45) is -1.12. The SMILES string of the molecule is CN(/N=C/c1ccc(Nc2cccc(C(F)(F)F)c2)cn1)c1ncc(F)c(N2CCOCC2)n1.CN(N)c1ncc(F)c(N2CCOCC2)n1.O=Cc1ccc(Cc2cccc(C(F)(F)F)c2)cn1. The Hall–Kier alpha value is -7.44. The van der Waals surface area contributed by atoms with E-state index in [1.807, 2.05) is 4.90 Å². The highest BCUT2D eigenvalue weighted by molar-refractivity contribution is 5.78. The van der Waals surface area contributed by atoms with Crippen LogP contribution in [0.15, 0.2) is 103 Å². The van der Waals surface area contributed by atoms with Gasteiger partial charge in [-0.2, -0.15) is 41.4 Å². The monoisotopic (exact) mass is 967 g/mol. The molecule has 6 aromatic rings. The minimum Gasteiger partial charge on any atom is -0.378 e. The van der Waals surface area contributed by atoms with E-state index in [2.05, 4.69) is 40.3 Å². The summed E-state index contributed by atoms with van der Waals surface area (Å²) in [6, 6.07) is 16.6. The molecule has 0 amide bonds. The molecule has 2 aromatic carbocycles. The zero-order valence-corrected chi connectivity index (χ0v) is 37.0. The van der Waals surface area contributed by atoms with Gasteiger partial charge in [-0.25, -0.2) is 29.6 Å². The number of rotatable bonds is 11. The number of hydrogen-bond acceptors (Lipinski definition) is 16. The molecule has 0 saturated carbocycles. The number of aldehydes is 1. The fourth-order valence-electron chi connectivity index (χ4n) is 6.41. The van der Waals surface area contributed by atoms with Gasteiger partial charge in [0.05, 0.1) is 73.7 Å². The lowest BCUT2D eigenvalue weighted by Gasteiger charge is -2.28. The summed E-state index contributed by atoms with van der Waals surface area (Å²) in [4.78, 5) is 38.3. The average molecular weight is 968 g/mol. The van der Waals surface area contributed by atoms with Crippen molar-refractivity contribution in [2.75, 3.05) is 91.8 Å². The number of halogens is 8. The zero-order valence-electron chi connectivity index (χ0n) is 37.0. The average Bonchev–Trinajstić information content (AvgIpc) is 3.35. The highest BCUT2D eigenvalue weighted by atomic mass is 19.4. The van der Waals surface area contributed by atoms with Gasteiger partial charge in [-0.15, -0.1) is 0 Å². The van der Waals surface area contributed by atoms with E-state index in [4.69, 9.17) is 15.3 Å². The van der Waals surface area contributed by atoms with Crippen LogP contribution in [-0.2, 0) is 28.2 Å². The number of carbonyl (C=O) groups is 1. The Kier molecular flexibility index (Phi) is 17.4. The van der Waals surface area contributed by atoms with E-state index in [-0.39, 0.29) is 17.6 Å². The number of alkyl halides is 6. The number of ether oxygens (including phenoxy) is 2. The Labute approximate surface area is 390 Å². The number of nitrogens with zero attached hydrogens (tertiary/aromatic N) is 11. The molecule has 0 spiro atoms. The number of morpholine rings is 2. The molecule has 2 aliphatic heterocycles. The maximum absolute atomic E-state index is 14.2. The number of nitrogens with one attached hydrogen (secondary N) is 1. The van der Waals surface area contributed by atoms with Crippen LogP contribution in [0.3, 0.4) is 0 Å². The molecule has 4 aromatic heterocycles. The maximum Gasteiger partial charge on any atom is 0.416 e. The van der Waals surface area contributed by atoms with E-state index < -0.39 is 35.1 Å². The molecule has 6 heterocycles. The predicted octanol–water partition coefficient (Wildman–Crippen LogP) is 7.35. The first-order valence-electron chi connectivity index (χ1n) is 20.9. The largest absolute Gasteiger partial charge is 0.416 e. The quantitative estimate of drug-likeness (QED) is 0.0433. The molecule has 364 valence electrons. The second kappa shape index (κ2) is 23.5. The molecule has 16 nitrogen and oxygen atoms in total. The van der Waals surface area contributed by atoms with Crippen LogP contribution in [0.1, 0.15) is 38.4 Å². The Morgan fingerprint density at radius 1 is 0.667 bits per heavy atom. The molecule has 0 aliphatic carbocycles. The van der Waals surface area contributed by atoms with E-state index in [1.54, 1.807) is 43.3 Å². The highest BCUT2D eigenvalue weighted by Gasteiger charge is 2.31. The molecular formula is C45H45F8N13O3. The van der Waals surface area contributed by atoms with Crippen LogP contribution in [0.25, 0.3) is 0 Å². The van der Waals surface area contributed by atoms with Gasteiger partial charge in [0.25, 0.3) is 0 Å². The molecule has 0 bridgehead atoms. The van der Waals surface area contributed by atoms with Gasteiger partial charge in [0.1, 0.15) is 5.69 Å². The highest BCUT2D eigenvalue weighted by Crippen LogP contribution is 2.32. The normalized spacial score (nSPS) is 14.0. The van der Waals surface area contributed by atoms with Gasteiger partial charge in [-0.05, 0) is 60.0 Å².